The quantitative estimate of drug-likeness (QED) is 0.630. The van der Waals surface area contributed by atoms with E-state index < -0.39 is 29.9 Å². The summed E-state index contributed by atoms with van der Waals surface area (Å²) in [5.74, 6) is -0.778. The molecule has 0 saturated heterocycles. The maximum atomic E-state index is 11.5. The van der Waals surface area contributed by atoms with E-state index in [0.29, 0.717) is 0 Å². The van der Waals surface area contributed by atoms with Gasteiger partial charge in [0.15, 0.2) is 0 Å². The van der Waals surface area contributed by atoms with E-state index in [-0.39, 0.29) is 12.5 Å². The first kappa shape index (κ1) is 18.2. The Kier molecular flexibility index (Phi) is 7.02. The molecule has 0 spiro atoms. The van der Waals surface area contributed by atoms with Gasteiger partial charge in [0.05, 0.1) is 6.61 Å². The van der Waals surface area contributed by atoms with Crippen molar-refractivity contribution in [3.05, 3.63) is 0 Å². The highest BCUT2D eigenvalue weighted by Crippen LogP contribution is 2.07. The van der Waals surface area contributed by atoms with Crippen LogP contribution in [0, 0.1) is 5.92 Å². The lowest BCUT2D eigenvalue weighted by molar-refractivity contribution is -0.142. The number of amides is 1. The van der Waals surface area contributed by atoms with Crippen molar-refractivity contribution in [1.29, 1.82) is 0 Å². The smallest absolute Gasteiger partial charge is 0.444 e. The Labute approximate surface area is 118 Å². The molecule has 20 heavy (non-hydrogen) atoms. The van der Waals surface area contributed by atoms with Gasteiger partial charge in [-0.05, 0) is 33.6 Å². The van der Waals surface area contributed by atoms with E-state index in [1.807, 2.05) is 13.8 Å². The second kappa shape index (κ2) is 7.72. The summed E-state index contributed by atoms with van der Waals surface area (Å²) in [6, 6.07) is -1.02. The zero-order chi connectivity index (χ0) is 15.9. The van der Waals surface area contributed by atoms with Crippen molar-refractivity contribution in [3.63, 3.8) is 0 Å². The summed E-state index contributed by atoms with van der Waals surface area (Å²) in [6.07, 6.45) is -1.85. The predicted octanol–water partition coefficient (Wildman–Crippen LogP) is 2.24. The molecule has 0 aromatic heterocycles. The van der Waals surface area contributed by atoms with Crippen LogP contribution in [0.15, 0.2) is 0 Å². The minimum Gasteiger partial charge on any atom is -0.444 e. The van der Waals surface area contributed by atoms with Gasteiger partial charge in [-0.25, -0.2) is 14.4 Å². The first-order valence-electron chi connectivity index (χ1n) is 6.39. The number of esters is 1. The van der Waals surface area contributed by atoms with Crippen molar-refractivity contribution in [3.8, 4) is 0 Å². The Morgan fingerprint density at radius 1 is 1.10 bits per heavy atom. The van der Waals surface area contributed by atoms with Gasteiger partial charge in [-0.2, -0.15) is 0 Å². The Morgan fingerprint density at radius 3 is 2.10 bits per heavy atom. The van der Waals surface area contributed by atoms with Gasteiger partial charge in [0.25, 0.3) is 0 Å². The van der Waals surface area contributed by atoms with Crippen molar-refractivity contribution >= 4 is 18.2 Å². The first-order chi connectivity index (χ1) is 9.01. The van der Waals surface area contributed by atoms with Crippen molar-refractivity contribution in [2.24, 2.45) is 5.92 Å². The van der Waals surface area contributed by atoms with Crippen molar-refractivity contribution in [2.45, 2.75) is 53.2 Å². The van der Waals surface area contributed by atoms with Crippen LogP contribution >= 0.6 is 0 Å². The van der Waals surface area contributed by atoms with E-state index in [0.717, 1.165) is 0 Å². The van der Waals surface area contributed by atoms with Gasteiger partial charge in [-0.15, -0.1) is 0 Å². The summed E-state index contributed by atoms with van der Waals surface area (Å²) in [5, 5.41) is 2.26. The van der Waals surface area contributed by atoms with E-state index in [1.54, 1.807) is 20.8 Å². The average molecular weight is 289 g/mol. The number of rotatable bonds is 4. The Balaban J connectivity index is 4.15. The molecule has 116 valence electrons. The maximum Gasteiger partial charge on any atom is 0.516 e. The molecule has 0 heterocycles. The van der Waals surface area contributed by atoms with E-state index >= 15 is 0 Å². The largest absolute Gasteiger partial charge is 0.516 e. The Morgan fingerprint density at radius 2 is 1.65 bits per heavy atom. The Bertz CT molecular complexity index is 358. The third-order valence-corrected chi connectivity index (χ3v) is 1.81. The maximum absolute atomic E-state index is 11.5. The molecule has 0 radical (unpaired) electrons. The van der Waals surface area contributed by atoms with Gasteiger partial charge in [-0.3, -0.25) is 0 Å². The Hall–Kier alpha value is -1.79. The lowest BCUT2D eigenvalue weighted by atomic mass is 10.2. The molecule has 0 aliphatic heterocycles. The molecule has 7 heteroatoms. The molecule has 0 bridgehead atoms. The molecule has 1 amide bonds. The number of carbonyl (C=O) groups is 3. The first-order valence-corrected chi connectivity index (χ1v) is 6.39. The standard InChI is InChI=1S/C13H23NO6/c1-8(2)7-18-12(17)19-10(15)9(3)14-11(16)20-13(4,5)6/h8-9H,7H2,1-6H3,(H,14,16). The van der Waals surface area contributed by atoms with Gasteiger partial charge < -0.3 is 19.5 Å². The normalized spacial score (nSPS) is 12.6. The number of hydrogen-bond donors (Lipinski definition) is 1. The van der Waals surface area contributed by atoms with Gasteiger partial charge in [0.2, 0.25) is 0 Å². The van der Waals surface area contributed by atoms with Gasteiger partial charge >= 0.3 is 18.2 Å². The van der Waals surface area contributed by atoms with Crippen molar-refractivity contribution < 1.29 is 28.6 Å². The molecule has 1 N–H and O–H groups in total. The predicted molar refractivity (Wildman–Crippen MR) is 71.1 cm³/mol. The average Bonchev–Trinajstić information content (AvgIpc) is 2.23. The molecule has 0 aliphatic rings. The number of carbonyl (C=O) groups excluding carboxylic acids is 3. The second-order valence-electron chi connectivity index (χ2n) is 5.74. The van der Waals surface area contributed by atoms with E-state index in [9.17, 15) is 14.4 Å². The van der Waals surface area contributed by atoms with E-state index in [2.05, 4.69) is 14.8 Å². The zero-order valence-corrected chi connectivity index (χ0v) is 12.8. The highest BCUT2D eigenvalue weighted by atomic mass is 16.7. The summed E-state index contributed by atoms with van der Waals surface area (Å²) in [7, 11) is 0. The fourth-order valence-corrected chi connectivity index (χ4v) is 0.978. The molecule has 0 aromatic rings. The van der Waals surface area contributed by atoms with Crippen LogP contribution in [0.2, 0.25) is 0 Å². The summed E-state index contributed by atoms with van der Waals surface area (Å²) in [6.45, 7) is 10.3. The second-order valence-corrected chi connectivity index (χ2v) is 5.74. The van der Waals surface area contributed by atoms with Crippen LogP contribution in [-0.4, -0.2) is 36.5 Å². The molecular formula is C13H23NO6. The van der Waals surface area contributed by atoms with Crippen LogP contribution in [0.4, 0.5) is 9.59 Å². The van der Waals surface area contributed by atoms with Gasteiger partial charge in [0.1, 0.15) is 11.6 Å². The van der Waals surface area contributed by atoms with Crippen LogP contribution in [0.5, 0.6) is 0 Å². The van der Waals surface area contributed by atoms with Crippen LogP contribution in [0.3, 0.4) is 0 Å². The molecule has 1 atom stereocenters. The van der Waals surface area contributed by atoms with Crippen LogP contribution < -0.4 is 5.32 Å². The fraction of sp³-hybridized carbons (Fsp3) is 0.769. The number of nitrogens with one attached hydrogen (secondary N) is 1. The highest BCUT2D eigenvalue weighted by Gasteiger charge is 2.24. The molecule has 0 aliphatic carbocycles. The molecule has 1 unspecified atom stereocenters. The van der Waals surface area contributed by atoms with Crippen LogP contribution in [0.1, 0.15) is 41.5 Å². The molecule has 7 nitrogen and oxygen atoms in total. The number of alkyl carbamates (subject to hydrolysis) is 1. The topological polar surface area (TPSA) is 90.9 Å². The lowest BCUT2D eigenvalue weighted by Crippen LogP contribution is -2.43. The third-order valence-electron chi connectivity index (χ3n) is 1.81. The van der Waals surface area contributed by atoms with Crippen LogP contribution in [0.25, 0.3) is 0 Å². The summed E-state index contributed by atoms with van der Waals surface area (Å²) in [4.78, 5) is 34.1. The number of ether oxygens (including phenoxy) is 3. The molecule has 0 aromatic carbocycles. The third kappa shape index (κ3) is 9.18. The molecular weight excluding hydrogens is 266 g/mol. The van der Waals surface area contributed by atoms with Gasteiger partial charge in [-0.1, -0.05) is 13.8 Å². The zero-order valence-electron chi connectivity index (χ0n) is 12.8. The number of hydrogen-bond acceptors (Lipinski definition) is 6. The van der Waals surface area contributed by atoms with E-state index in [4.69, 9.17) is 4.74 Å². The minimum absolute atomic E-state index is 0.134. The fourth-order valence-electron chi connectivity index (χ4n) is 0.978. The van der Waals surface area contributed by atoms with E-state index in [1.165, 1.54) is 6.92 Å². The van der Waals surface area contributed by atoms with Crippen LogP contribution in [-0.2, 0) is 19.0 Å². The lowest BCUT2D eigenvalue weighted by Gasteiger charge is -2.21. The monoisotopic (exact) mass is 289 g/mol. The van der Waals surface area contributed by atoms with Crippen molar-refractivity contribution in [2.75, 3.05) is 6.61 Å². The summed E-state index contributed by atoms with van der Waals surface area (Å²) >= 11 is 0. The van der Waals surface area contributed by atoms with Crippen molar-refractivity contribution in [1.82, 2.24) is 5.32 Å². The van der Waals surface area contributed by atoms with Gasteiger partial charge in [0, 0.05) is 0 Å². The molecule has 0 rings (SSSR count). The summed E-state index contributed by atoms with van der Waals surface area (Å²) in [5.41, 5.74) is -0.677. The molecule has 0 fully saturated rings. The molecule has 0 saturated carbocycles. The highest BCUT2D eigenvalue weighted by molar-refractivity contribution is 5.87. The summed E-state index contributed by atoms with van der Waals surface area (Å²) < 4.78 is 14.1. The minimum atomic E-state index is -1.08. The SMILES string of the molecule is CC(C)COC(=O)OC(=O)C(C)NC(=O)OC(C)(C)C.